The highest BCUT2D eigenvalue weighted by molar-refractivity contribution is 7.89. The van der Waals surface area contributed by atoms with Crippen molar-refractivity contribution >= 4 is 10.0 Å². The van der Waals surface area contributed by atoms with Gasteiger partial charge in [-0.05, 0) is 81.0 Å². The van der Waals surface area contributed by atoms with Crippen molar-refractivity contribution < 1.29 is 12.9 Å². The zero-order valence-corrected chi connectivity index (χ0v) is 18.5. The Labute approximate surface area is 186 Å². The Morgan fingerprint density at radius 1 is 1.00 bits per heavy atom. The molecule has 168 valence electrons. The van der Waals surface area contributed by atoms with Crippen LogP contribution in [-0.2, 0) is 10.0 Å². The monoisotopic (exact) mass is 454 g/mol. The van der Waals surface area contributed by atoms with E-state index in [1.54, 1.807) is 24.8 Å². The second-order valence-electron chi connectivity index (χ2n) is 9.31. The molecule has 1 N–H and O–H groups in total. The third-order valence-electron chi connectivity index (χ3n) is 6.77. The maximum Gasteiger partial charge on any atom is 0.241 e. The van der Waals surface area contributed by atoms with Crippen molar-refractivity contribution in [1.82, 2.24) is 29.6 Å². The van der Waals surface area contributed by atoms with Crippen LogP contribution in [0.25, 0.3) is 11.4 Å². The second-order valence-corrected chi connectivity index (χ2v) is 11.0. The molecule has 2 atom stereocenters. The minimum Gasteiger partial charge on any atom is -0.339 e. The number of sulfonamides is 1. The van der Waals surface area contributed by atoms with Crippen molar-refractivity contribution in [3.63, 3.8) is 0 Å². The highest BCUT2D eigenvalue weighted by Crippen LogP contribution is 2.45. The molecule has 3 fully saturated rings. The topological polar surface area (TPSA) is 116 Å². The third kappa shape index (κ3) is 3.97. The molecule has 32 heavy (non-hydrogen) atoms. The average Bonchev–Trinajstić information content (AvgIpc) is 3.72. The molecule has 6 rings (SSSR count). The Kier molecular flexibility index (Phi) is 4.87. The molecule has 10 heteroatoms. The summed E-state index contributed by atoms with van der Waals surface area (Å²) in [4.78, 5) is 4.90. The van der Waals surface area contributed by atoms with Crippen molar-refractivity contribution in [1.29, 1.82) is 0 Å². The molecule has 3 aliphatic carbocycles. The summed E-state index contributed by atoms with van der Waals surface area (Å²) in [7, 11) is -3.64. The number of hydrogen-bond acceptors (Lipinski definition) is 7. The predicted octanol–water partition coefficient (Wildman–Crippen LogP) is 3.55. The fourth-order valence-corrected chi connectivity index (χ4v) is 6.28. The molecule has 9 nitrogen and oxygen atoms in total. The van der Waals surface area contributed by atoms with Gasteiger partial charge in [-0.3, -0.25) is 0 Å². The van der Waals surface area contributed by atoms with Gasteiger partial charge in [-0.2, -0.15) is 4.98 Å². The number of nitrogens with zero attached hydrogens (tertiary/aromatic N) is 5. The lowest BCUT2D eigenvalue weighted by molar-refractivity contribution is 0.305. The van der Waals surface area contributed by atoms with Crippen molar-refractivity contribution in [2.45, 2.75) is 80.2 Å². The van der Waals surface area contributed by atoms with Gasteiger partial charge < -0.3 is 9.09 Å². The van der Waals surface area contributed by atoms with E-state index >= 15 is 0 Å². The summed E-state index contributed by atoms with van der Waals surface area (Å²) in [6.07, 6.45) is 11.2. The molecule has 0 saturated heterocycles. The van der Waals surface area contributed by atoms with Crippen molar-refractivity contribution in [3.8, 4) is 11.4 Å². The van der Waals surface area contributed by atoms with Crippen LogP contribution in [0, 0.1) is 0 Å². The van der Waals surface area contributed by atoms with Crippen LogP contribution < -0.4 is 4.72 Å². The minimum absolute atomic E-state index is 0.105. The Morgan fingerprint density at radius 2 is 1.78 bits per heavy atom. The molecule has 0 radical (unpaired) electrons. The molecular formula is C22H26N6O3S. The van der Waals surface area contributed by atoms with Crippen molar-refractivity contribution in [2.24, 2.45) is 0 Å². The van der Waals surface area contributed by atoms with Crippen molar-refractivity contribution in [2.75, 3.05) is 0 Å². The normalized spacial score (nSPS) is 24.0. The van der Waals surface area contributed by atoms with Gasteiger partial charge in [0, 0.05) is 23.6 Å². The maximum absolute atomic E-state index is 13.4. The first kappa shape index (κ1) is 20.0. The van der Waals surface area contributed by atoms with E-state index in [0.29, 0.717) is 22.5 Å². The molecule has 1 aromatic carbocycles. The van der Waals surface area contributed by atoms with Crippen LogP contribution in [0.15, 0.2) is 40.3 Å². The summed E-state index contributed by atoms with van der Waals surface area (Å²) in [6, 6.07) is 5.55. The Morgan fingerprint density at radius 3 is 2.53 bits per heavy atom. The lowest BCUT2D eigenvalue weighted by atomic mass is 9.91. The molecular weight excluding hydrogens is 428 g/mol. The first-order valence-corrected chi connectivity index (χ1v) is 12.9. The highest BCUT2D eigenvalue weighted by atomic mass is 32.2. The summed E-state index contributed by atoms with van der Waals surface area (Å²) >= 11 is 0. The molecule has 0 aliphatic heterocycles. The summed E-state index contributed by atoms with van der Waals surface area (Å²) in [6.45, 7) is 0. The van der Waals surface area contributed by atoms with E-state index in [0.717, 1.165) is 62.5 Å². The largest absolute Gasteiger partial charge is 0.339 e. The van der Waals surface area contributed by atoms with Crippen LogP contribution >= 0.6 is 0 Å². The fourth-order valence-electron chi connectivity index (χ4n) is 4.72. The zero-order chi connectivity index (χ0) is 21.7. The first-order valence-electron chi connectivity index (χ1n) is 11.4. The molecule has 2 aromatic heterocycles. The molecule has 0 amide bonds. The number of hydrogen-bond donors (Lipinski definition) is 1. The van der Waals surface area contributed by atoms with Crippen LogP contribution in [-0.4, -0.2) is 39.4 Å². The van der Waals surface area contributed by atoms with Gasteiger partial charge in [-0.1, -0.05) is 5.16 Å². The average molecular weight is 455 g/mol. The van der Waals surface area contributed by atoms with E-state index in [-0.39, 0.29) is 18.0 Å². The quantitative estimate of drug-likeness (QED) is 0.580. The van der Waals surface area contributed by atoms with Gasteiger partial charge in [0.1, 0.15) is 12.7 Å². The van der Waals surface area contributed by atoms with Gasteiger partial charge >= 0.3 is 0 Å². The van der Waals surface area contributed by atoms with Gasteiger partial charge in [0.2, 0.25) is 21.7 Å². The fraction of sp³-hybridized carbons (Fsp3) is 0.545. The van der Waals surface area contributed by atoms with E-state index in [1.807, 2.05) is 10.6 Å². The van der Waals surface area contributed by atoms with E-state index in [2.05, 4.69) is 25.1 Å². The molecule has 0 spiro atoms. The summed E-state index contributed by atoms with van der Waals surface area (Å²) < 4.78 is 37.2. The van der Waals surface area contributed by atoms with Crippen LogP contribution in [0.5, 0.6) is 0 Å². The first-order chi connectivity index (χ1) is 15.6. The number of rotatable bonds is 7. The highest BCUT2D eigenvalue weighted by Gasteiger charge is 2.34. The molecule has 3 aliphatic rings. The molecule has 3 aromatic rings. The lowest BCUT2D eigenvalue weighted by Crippen LogP contribution is -2.39. The van der Waals surface area contributed by atoms with Gasteiger partial charge in [0.05, 0.1) is 4.90 Å². The molecule has 0 bridgehead atoms. The summed E-state index contributed by atoms with van der Waals surface area (Å²) in [5, 5.41) is 11.9. The van der Waals surface area contributed by atoms with Gasteiger partial charge in [-0.25, -0.2) is 13.1 Å². The van der Waals surface area contributed by atoms with E-state index in [4.69, 9.17) is 4.52 Å². The molecule has 3 saturated carbocycles. The minimum atomic E-state index is -3.64. The Hall–Kier alpha value is -2.59. The summed E-state index contributed by atoms with van der Waals surface area (Å²) in [5.41, 5.74) is 1.67. The van der Waals surface area contributed by atoms with Gasteiger partial charge in [0.25, 0.3) is 0 Å². The van der Waals surface area contributed by atoms with E-state index in [9.17, 15) is 8.42 Å². The second kappa shape index (κ2) is 7.77. The van der Waals surface area contributed by atoms with Crippen LogP contribution in [0.3, 0.4) is 0 Å². The summed E-state index contributed by atoms with van der Waals surface area (Å²) in [5.74, 6) is 1.88. The van der Waals surface area contributed by atoms with Crippen LogP contribution in [0.1, 0.15) is 80.7 Å². The van der Waals surface area contributed by atoms with E-state index < -0.39 is 10.0 Å². The SMILES string of the molecule is O=S(=O)(NC1CCCC(n2cnnc2)C1)c1ccc(-c2noc(C3CC3)n2)cc1C1CC1. The van der Waals surface area contributed by atoms with Crippen LogP contribution in [0.2, 0.25) is 0 Å². The van der Waals surface area contributed by atoms with Gasteiger partial charge in [0.15, 0.2) is 0 Å². The van der Waals surface area contributed by atoms with Gasteiger partial charge in [-0.15, -0.1) is 10.2 Å². The predicted molar refractivity (Wildman–Crippen MR) is 115 cm³/mol. The zero-order valence-electron chi connectivity index (χ0n) is 17.7. The number of aromatic nitrogens is 5. The van der Waals surface area contributed by atoms with E-state index in [1.165, 1.54) is 0 Å². The molecule has 2 unspecified atom stereocenters. The van der Waals surface area contributed by atoms with Crippen molar-refractivity contribution in [3.05, 3.63) is 42.3 Å². The van der Waals surface area contributed by atoms with Crippen LogP contribution in [0.4, 0.5) is 0 Å². The Bertz CT molecular complexity index is 1210. The lowest BCUT2D eigenvalue weighted by Gasteiger charge is -2.30. The standard InChI is InChI=1S/C22H26N6O3S/c29-32(30,27-17-2-1-3-18(11-17)28-12-23-24-13-28)20-9-8-16(10-19(20)14-4-5-14)21-25-22(31-26-21)15-6-7-15/h8-10,12-15,17-18,27H,1-7,11H2. The third-order valence-corrected chi connectivity index (χ3v) is 8.36. The number of nitrogens with one attached hydrogen (secondary N) is 1. The maximum atomic E-state index is 13.4. The smallest absolute Gasteiger partial charge is 0.241 e. The Balaban J connectivity index is 1.25. The molecule has 2 heterocycles. The number of benzene rings is 1.